The third kappa shape index (κ3) is 4.67. The average molecular weight is 689 g/mol. The quantitative estimate of drug-likeness (QED) is 0.163. The molecule has 0 saturated heterocycles. The minimum atomic E-state index is 1.20. The number of aromatic nitrogens is 2. The van der Waals surface area contributed by atoms with Crippen LogP contribution in [-0.4, -0.2) is 9.13 Å². The Hall–Kier alpha value is -6.90. The van der Waals surface area contributed by atoms with E-state index in [0.717, 1.165) is 0 Å². The molecule has 0 amide bonds. The Bertz CT molecular complexity index is 3170. The molecule has 2 nitrogen and oxygen atoms in total. The molecule has 0 bridgehead atoms. The van der Waals surface area contributed by atoms with Gasteiger partial charge in [0.1, 0.15) is 0 Å². The summed E-state index contributed by atoms with van der Waals surface area (Å²) in [4.78, 5) is 0. The van der Waals surface area contributed by atoms with Gasteiger partial charge in [-0.1, -0.05) is 146 Å². The summed E-state index contributed by atoms with van der Waals surface area (Å²) >= 11 is 0. The Balaban J connectivity index is 1.11. The van der Waals surface area contributed by atoms with E-state index < -0.39 is 0 Å². The van der Waals surface area contributed by atoms with Crippen LogP contribution in [0.4, 0.5) is 0 Å². The van der Waals surface area contributed by atoms with Crippen molar-refractivity contribution < 1.29 is 0 Å². The number of nitrogens with zero attached hydrogens (tertiary/aromatic N) is 2. The van der Waals surface area contributed by atoms with E-state index in [-0.39, 0.29) is 0 Å². The van der Waals surface area contributed by atoms with Crippen LogP contribution in [0.3, 0.4) is 0 Å². The maximum Gasteiger partial charge on any atom is 0.0568 e. The van der Waals surface area contributed by atoms with Crippen LogP contribution < -0.4 is 0 Å². The van der Waals surface area contributed by atoms with Gasteiger partial charge in [0.15, 0.2) is 0 Å². The maximum absolute atomic E-state index is 2.43. The molecular weight excluding hydrogens is 653 g/mol. The standard InChI is InChI=1S/C52H36N2/c1-53-49-31-46-48-30-40(26-22-34-20-24-36-12-4-6-14-38(36)28-34)42-16-8-10-18-44(42)52(48)54(2)50(46)32-45(49)47-29-39(41-15-7-9-17-43(41)51(47)53)25-21-33-19-23-35-11-3-5-13-37(35)27-33/h3-32H,1-2H3/b25-21+,26-22+. The van der Waals surface area contributed by atoms with E-state index in [2.05, 4.69) is 205 Å². The predicted molar refractivity (Wildman–Crippen MR) is 235 cm³/mol. The molecule has 11 rings (SSSR count). The second kappa shape index (κ2) is 11.8. The molecule has 2 aromatic heterocycles. The van der Waals surface area contributed by atoms with Crippen molar-refractivity contribution in [1.29, 1.82) is 0 Å². The molecule has 0 aliphatic rings. The third-order valence-electron chi connectivity index (χ3n) is 11.6. The minimum Gasteiger partial charge on any atom is -0.343 e. The fraction of sp³-hybridized carbons (Fsp3) is 0.0385. The van der Waals surface area contributed by atoms with Gasteiger partial charge in [0, 0.05) is 57.4 Å². The number of benzene rings is 9. The van der Waals surface area contributed by atoms with Crippen LogP contribution >= 0.6 is 0 Å². The zero-order chi connectivity index (χ0) is 35.9. The van der Waals surface area contributed by atoms with E-state index in [1.54, 1.807) is 0 Å². The lowest BCUT2D eigenvalue weighted by molar-refractivity contribution is 1.01. The van der Waals surface area contributed by atoms with Gasteiger partial charge in [-0.2, -0.15) is 0 Å². The van der Waals surface area contributed by atoms with Gasteiger partial charge in [-0.25, -0.2) is 0 Å². The first kappa shape index (κ1) is 30.7. The molecule has 0 atom stereocenters. The van der Waals surface area contributed by atoms with E-state index in [1.807, 2.05) is 0 Å². The maximum atomic E-state index is 2.43. The molecule has 0 unspecified atom stereocenters. The van der Waals surface area contributed by atoms with E-state index >= 15 is 0 Å². The Labute approximate surface area is 313 Å². The second-order valence-electron chi connectivity index (χ2n) is 14.7. The molecule has 0 aliphatic heterocycles. The molecule has 0 aliphatic carbocycles. The molecular formula is C52H36N2. The van der Waals surface area contributed by atoms with Crippen LogP contribution in [0.2, 0.25) is 0 Å². The Morgan fingerprint density at radius 3 is 1.15 bits per heavy atom. The highest BCUT2D eigenvalue weighted by Crippen LogP contribution is 2.42. The minimum absolute atomic E-state index is 1.20. The van der Waals surface area contributed by atoms with E-state index in [0.29, 0.717) is 0 Å². The van der Waals surface area contributed by atoms with Gasteiger partial charge >= 0.3 is 0 Å². The van der Waals surface area contributed by atoms with Crippen molar-refractivity contribution in [2.45, 2.75) is 0 Å². The average Bonchev–Trinajstić information content (AvgIpc) is 3.66. The highest BCUT2D eigenvalue weighted by molar-refractivity contribution is 6.26. The Morgan fingerprint density at radius 2 is 0.704 bits per heavy atom. The normalized spacial score (nSPS) is 12.5. The molecule has 2 heteroatoms. The second-order valence-corrected chi connectivity index (χ2v) is 14.7. The summed E-state index contributed by atoms with van der Waals surface area (Å²) in [5.74, 6) is 0. The lowest BCUT2D eigenvalue weighted by Crippen LogP contribution is -1.90. The number of rotatable bonds is 4. The van der Waals surface area contributed by atoms with Gasteiger partial charge in [-0.15, -0.1) is 0 Å². The highest BCUT2D eigenvalue weighted by Gasteiger charge is 2.19. The zero-order valence-corrected chi connectivity index (χ0v) is 30.2. The van der Waals surface area contributed by atoms with Crippen LogP contribution in [0.15, 0.2) is 158 Å². The predicted octanol–water partition coefficient (Wildman–Crippen LogP) is 13.9. The van der Waals surface area contributed by atoms with E-state index in [9.17, 15) is 0 Å². The van der Waals surface area contributed by atoms with E-state index in [4.69, 9.17) is 0 Å². The summed E-state index contributed by atoms with van der Waals surface area (Å²) in [7, 11) is 4.46. The SMILES string of the molecule is Cn1c2cc3c4cc(/C=C/c5ccc6ccccc6c5)c5ccccc5c4n(C)c3cc2c2cc(/C=C/c3ccc4ccccc4c3)c3ccccc3c21. The summed E-state index contributed by atoms with van der Waals surface area (Å²) in [5, 5.41) is 15.2. The monoisotopic (exact) mass is 688 g/mol. The summed E-state index contributed by atoms with van der Waals surface area (Å²) in [6, 6.07) is 57.9. The molecule has 9 aromatic carbocycles. The van der Waals surface area contributed by atoms with Gasteiger partial charge in [-0.3, -0.25) is 0 Å². The Kier molecular flexibility index (Phi) is 6.72. The molecule has 254 valence electrons. The van der Waals surface area contributed by atoms with Crippen LogP contribution in [0, 0.1) is 0 Å². The highest BCUT2D eigenvalue weighted by atomic mass is 15.0. The van der Waals surface area contributed by atoms with E-state index in [1.165, 1.54) is 109 Å². The van der Waals surface area contributed by atoms with Gasteiger partial charge in [0.05, 0.1) is 11.0 Å². The lowest BCUT2D eigenvalue weighted by atomic mass is 9.98. The topological polar surface area (TPSA) is 9.86 Å². The van der Waals surface area contributed by atoms with Gasteiger partial charge < -0.3 is 9.13 Å². The molecule has 2 heterocycles. The summed E-state index contributed by atoms with van der Waals surface area (Å²) in [6.45, 7) is 0. The smallest absolute Gasteiger partial charge is 0.0568 e. The van der Waals surface area contributed by atoms with Crippen molar-refractivity contribution in [3.63, 3.8) is 0 Å². The first-order chi connectivity index (χ1) is 26.6. The van der Waals surface area contributed by atoms with Crippen LogP contribution in [0.5, 0.6) is 0 Å². The third-order valence-corrected chi connectivity index (χ3v) is 11.6. The molecule has 11 aromatic rings. The molecule has 0 radical (unpaired) electrons. The zero-order valence-electron chi connectivity index (χ0n) is 30.2. The molecule has 0 fully saturated rings. The fourth-order valence-corrected chi connectivity index (χ4v) is 8.98. The van der Waals surface area contributed by atoms with Gasteiger partial charge in [0.2, 0.25) is 0 Å². The van der Waals surface area contributed by atoms with Crippen molar-refractivity contribution in [3.05, 3.63) is 180 Å². The van der Waals surface area contributed by atoms with Crippen molar-refractivity contribution in [3.8, 4) is 0 Å². The van der Waals surface area contributed by atoms with Crippen molar-refractivity contribution in [1.82, 2.24) is 9.13 Å². The first-order valence-electron chi connectivity index (χ1n) is 18.7. The molecule has 0 spiro atoms. The number of hydrogen-bond donors (Lipinski definition) is 0. The number of fused-ring (bicyclic) bond motifs is 12. The molecule has 0 N–H and O–H groups in total. The van der Waals surface area contributed by atoms with Crippen LogP contribution in [-0.2, 0) is 14.1 Å². The van der Waals surface area contributed by atoms with Crippen molar-refractivity contribution in [2.24, 2.45) is 14.1 Å². The molecule has 0 saturated carbocycles. The fourth-order valence-electron chi connectivity index (χ4n) is 8.98. The Morgan fingerprint density at radius 1 is 0.315 bits per heavy atom. The summed E-state index contributed by atoms with van der Waals surface area (Å²) < 4.78 is 4.81. The summed E-state index contributed by atoms with van der Waals surface area (Å²) in [5.41, 5.74) is 9.88. The lowest BCUT2D eigenvalue weighted by Gasteiger charge is -2.08. The van der Waals surface area contributed by atoms with Gasteiger partial charge in [-0.05, 0) is 91.0 Å². The van der Waals surface area contributed by atoms with Gasteiger partial charge in [0.25, 0.3) is 0 Å². The molecule has 54 heavy (non-hydrogen) atoms. The van der Waals surface area contributed by atoms with Crippen molar-refractivity contribution >= 4 is 111 Å². The number of hydrogen-bond acceptors (Lipinski definition) is 0. The summed E-state index contributed by atoms with van der Waals surface area (Å²) in [6.07, 6.45) is 9.09. The van der Waals surface area contributed by atoms with Crippen molar-refractivity contribution in [2.75, 3.05) is 0 Å². The number of aryl methyl sites for hydroxylation is 2. The first-order valence-corrected chi connectivity index (χ1v) is 18.7. The van der Waals surface area contributed by atoms with Crippen LogP contribution in [0.1, 0.15) is 22.3 Å². The largest absolute Gasteiger partial charge is 0.343 e. The van der Waals surface area contributed by atoms with Crippen LogP contribution in [0.25, 0.3) is 111 Å².